The average Bonchev–Trinajstić information content (AvgIpc) is 3.09. The molecule has 2 aliphatic carbocycles. The molecule has 4 nitrogen and oxygen atoms in total. The lowest BCUT2D eigenvalue weighted by molar-refractivity contribution is -0.117. The standard InChI is InChI=1S/C18H16N2O2S/c21-17(11-7-8-23-10-11)19-12-5-6-14-13-3-1-2-4-15(13)18(22)20-16(14)9-12/h5-10,14H,1-4H2,(H,20,22). The number of aliphatic imine (C=N–C) groups is 1. The number of amides is 2. The first-order valence-corrected chi connectivity index (χ1v) is 8.75. The molecule has 0 radical (unpaired) electrons. The molecule has 0 saturated heterocycles. The largest absolute Gasteiger partial charge is 0.325 e. The topological polar surface area (TPSA) is 58.5 Å². The van der Waals surface area contributed by atoms with E-state index in [-0.39, 0.29) is 17.7 Å². The molecule has 1 aromatic rings. The quantitative estimate of drug-likeness (QED) is 0.861. The maximum absolute atomic E-state index is 12.3. The summed E-state index contributed by atoms with van der Waals surface area (Å²) in [7, 11) is 0. The van der Waals surface area contributed by atoms with Gasteiger partial charge < -0.3 is 5.32 Å². The Morgan fingerprint density at radius 3 is 3.00 bits per heavy atom. The van der Waals surface area contributed by atoms with E-state index in [0.29, 0.717) is 11.3 Å². The molecular formula is C18H16N2O2S. The predicted molar refractivity (Wildman–Crippen MR) is 90.4 cm³/mol. The van der Waals surface area contributed by atoms with Gasteiger partial charge in [-0.05, 0) is 54.9 Å². The summed E-state index contributed by atoms with van der Waals surface area (Å²) in [6.45, 7) is 0. The Labute approximate surface area is 138 Å². The lowest BCUT2D eigenvalue weighted by Crippen LogP contribution is -2.37. The van der Waals surface area contributed by atoms with Gasteiger partial charge in [-0.2, -0.15) is 11.3 Å². The van der Waals surface area contributed by atoms with Gasteiger partial charge in [-0.25, -0.2) is 4.99 Å². The van der Waals surface area contributed by atoms with E-state index in [0.717, 1.165) is 37.0 Å². The highest BCUT2D eigenvalue weighted by atomic mass is 32.1. The van der Waals surface area contributed by atoms with Crippen molar-refractivity contribution >= 4 is 28.9 Å². The summed E-state index contributed by atoms with van der Waals surface area (Å²) >= 11 is 1.47. The van der Waals surface area contributed by atoms with Gasteiger partial charge in [0.2, 0.25) is 0 Å². The highest BCUT2D eigenvalue weighted by molar-refractivity contribution is 7.08. The number of hydrogen-bond acceptors (Lipinski definition) is 3. The molecule has 1 atom stereocenters. The van der Waals surface area contributed by atoms with Crippen LogP contribution in [0.3, 0.4) is 0 Å². The number of allylic oxidation sites excluding steroid dienone is 3. The first-order chi connectivity index (χ1) is 11.2. The molecular weight excluding hydrogens is 308 g/mol. The molecule has 1 unspecified atom stereocenters. The van der Waals surface area contributed by atoms with Gasteiger partial charge in [-0.1, -0.05) is 6.08 Å². The van der Waals surface area contributed by atoms with E-state index in [1.807, 2.05) is 17.5 Å². The number of carbonyl (C=O) groups excluding carboxylic acids is 2. The number of thiophene rings is 1. The summed E-state index contributed by atoms with van der Waals surface area (Å²) in [4.78, 5) is 28.5. The summed E-state index contributed by atoms with van der Waals surface area (Å²) in [5.74, 6) is -0.0971. The summed E-state index contributed by atoms with van der Waals surface area (Å²) in [6, 6.07) is 1.76. The van der Waals surface area contributed by atoms with Crippen molar-refractivity contribution in [3.05, 3.63) is 57.5 Å². The monoisotopic (exact) mass is 324 g/mol. The molecule has 1 N–H and O–H groups in total. The zero-order chi connectivity index (χ0) is 15.8. The second kappa shape index (κ2) is 5.74. The number of fused-ring (bicyclic) bond motifs is 2. The van der Waals surface area contributed by atoms with E-state index < -0.39 is 0 Å². The number of carbonyl (C=O) groups is 2. The molecule has 116 valence electrons. The van der Waals surface area contributed by atoms with Gasteiger partial charge in [0.15, 0.2) is 0 Å². The van der Waals surface area contributed by atoms with E-state index in [9.17, 15) is 9.59 Å². The molecule has 2 heterocycles. The van der Waals surface area contributed by atoms with Crippen molar-refractivity contribution in [3.8, 4) is 0 Å². The molecule has 1 aromatic heterocycles. The minimum Gasteiger partial charge on any atom is -0.325 e. The maximum Gasteiger partial charge on any atom is 0.278 e. The zero-order valence-corrected chi connectivity index (χ0v) is 13.4. The number of rotatable bonds is 1. The van der Waals surface area contributed by atoms with E-state index in [1.165, 1.54) is 16.9 Å². The van der Waals surface area contributed by atoms with Crippen LogP contribution in [-0.2, 0) is 4.79 Å². The van der Waals surface area contributed by atoms with Gasteiger partial charge in [0.1, 0.15) is 0 Å². The van der Waals surface area contributed by atoms with Gasteiger partial charge in [0, 0.05) is 22.6 Å². The maximum atomic E-state index is 12.3. The first-order valence-electron chi connectivity index (χ1n) is 7.80. The first kappa shape index (κ1) is 14.3. The molecule has 1 aliphatic heterocycles. The van der Waals surface area contributed by atoms with Crippen LogP contribution in [0.4, 0.5) is 0 Å². The van der Waals surface area contributed by atoms with Gasteiger partial charge in [0.25, 0.3) is 11.8 Å². The smallest absolute Gasteiger partial charge is 0.278 e. The van der Waals surface area contributed by atoms with Crippen molar-refractivity contribution in [3.63, 3.8) is 0 Å². The third-order valence-electron chi connectivity index (χ3n) is 4.51. The van der Waals surface area contributed by atoms with Crippen LogP contribution in [-0.4, -0.2) is 17.5 Å². The van der Waals surface area contributed by atoms with Crippen LogP contribution in [0.25, 0.3) is 0 Å². The van der Waals surface area contributed by atoms with Crippen LogP contribution in [0.1, 0.15) is 36.0 Å². The third kappa shape index (κ3) is 2.61. The second-order valence-electron chi connectivity index (χ2n) is 5.96. The second-order valence-corrected chi connectivity index (χ2v) is 6.74. The fourth-order valence-electron chi connectivity index (χ4n) is 3.39. The predicted octanol–water partition coefficient (Wildman–Crippen LogP) is 3.40. The Kier molecular flexibility index (Phi) is 3.58. The molecule has 5 heteroatoms. The molecule has 2 amide bonds. The van der Waals surface area contributed by atoms with Crippen LogP contribution in [0.15, 0.2) is 56.9 Å². The Balaban J connectivity index is 1.64. The molecule has 0 spiro atoms. The van der Waals surface area contributed by atoms with Crippen LogP contribution in [0.2, 0.25) is 0 Å². The molecule has 0 bridgehead atoms. The highest BCUT2D eigenvalue weighted by Crippen LogP contribution is 2.38. The summed E-state index contributed by atoms with van der Waals surface area (Å²) in [6.07, 6.45) is 9.84. The highest BCUT2D eigenvalue weighted by Gasteiger charge is 2.33. The van der Waals surface area contributed by atoms with E-state index in [1.54, 1.807) is 11.4 Å². The molecule has 0 aromatic carbocycles. The normalized spacial score (nSPS) is 24.9. The number of nitrogens with one attached hydrogen (secondary N) is 1. The Morgan fingerprint density at radius 2 is 2.17 bits per heavy atom. The third-order valence-corrected chi connectivity index (χ3v) is 5.20. The summed E-state index contributed by atoms with van der Waals surface area (Å²) in [5, 5.41) is 6.62. The van der Waals surface area contributed by atoms with Crippen molar-refractivity contribution in [2.75, 3.05) is 0 Å². The van der Waals surface area contributed by atoms with E-state index in [4.69, 9.17) is 0 Å². The van der Waals surface area contributed by atoms with Crippen molar-refractivity contribution in [2.24, 2.45) is 10.9 Å². The fraction of sp³-hybridized carbons (Fsp3) is 0.278. The summed E-state index contributed by atoms with van der Waals surface area (Å²) < 4.78 is 0. The average molecular weight is 324 g/mol. The van der Waals surface area contributed by atoms with Crippen LogP contribution in [0, 0.1) is 5.92 Å². The van der Waals surface area contributed by atoms with Crippen LogP contribution >= 0.6 is 11.3 Å². The van der Waals surface area contributed by atoms with E-state index in [2.05, 4.69) is 16.4 Å². The minimum atomic E-state index is -0.249. The van der Waals surface area contributed by atoms with Crippen LogP contribution < -0.4 is 5.32 Å². The van der Waals surface area contributed by atoms with Crippen LogP contribution in [0.5, 0.6) is 0 Å². The molecule has 0 saturated carbocycles. The molecule has 0 fully saturated rings. The molecule has 4 rings (SSSR count). The number of hydrogen-bond donors (Lipinski definition) is 1. The van der Waals surface area contributed by atoms with Gasteiger partial charge in [-0.3, -0.25) is 9.59 Å². The van der Waals surface area contributed by atoms with E-state index >= 15 is 0 Å². The molecule has 23 heavy (non-hydrogen) atoms. The Morgan fingerprint density at radius 1 is 1.30 bits per heavy atom. The Hall–Kier alpha value is -2.27. The van der Waals surface area contributed by atoms with Gasteiger partial charge in [-0.15, -0.1) is 0 Å². The van der Waals surface area contributed by atoms with Gasteiger partial charge >= 0.3 is 0 Å². The Bertz CT molecular complexity index is 797. The van der Waals surface area contributed by atoms with Crippen molar-refractivity contribution in [1.29, 1.82) is 0 Å². The van der Waals surface area contributed by atoms with Crippen molar-refractivity contribution in [1.82, 2.24) is 5.32 Å². The lowest BCUT2D eigenvalue weighted by atomic mass is 9.77. The fourth-order valence-corrected chi connectivity index (χ4v) is 4.02. The number of nitrogens with zero attached hydrogens (tertiary/aromatic N) is 1. The lowest BCUT2D eigenvalue weighted by Gasteiger charge is -2.33. The SMILES string of the molecule is O=C1NC2=CC(=NC(=O)c3ccsc3)C=CC2C2=C1CCCC2. The summed E-state index contributed by atoms with van der Waals surface area (Å²) in [5.41, 5.74) is 4.23. The van der Waals surface area contributed by atoms with Crippen molar-refractivity contribution < 1.29 is 9.59 Å². The minimum absolute atomic E-state index is 0.0148. The van der Waals surface area contributed by atoms with Crippen molar-refractivity contribution in [2.45, 2.75) is 25.7 Å². The van der Waals surface area contributed by atoms with Gasteiger partial charge in [0.05, 0.1) is 11.3 Å². The zero-order valence-electron chi connectivity index (χ0n) is 12.5. The molecule has 3 aliphatic rings.